The third-order valence-corrected chi connectivity index (χ3v) is 3.04. The summed E-state index contributed by atoms with van der Waals surface area (Å²) in [6.45, 7) is 2.19. The Morgan fingerprint density at radius 3 is 3.00 bits per heavy atom. The highest BCUT2D eigenvalue weighted by Gasteiger charge is 2.35. The minimum atomic E-state index is 0.0655. The van der Waals surface area contributed by atoms with Crippen LogP contribution in [-0.2, 0) is 5.41 Å². The first kappa shape index (κ1) is 9.62. The minimum Gasteiger partial charge on any atom is -0.396 e. The molecule has 2 N–H and O–H groups in total. The van der Waals surface area contributed by atoms with Gasteiger partial charge in [-0.1, -0.05) is 6.07 Å². The van der Waals surface area contributed by atoms with Crippen molar-refractivity contribution in [1.29, 1.82) is 0 Å². The monoisotopic (exact) mass is 192 g/mol. The molecule has 3 heteroatoms. The summed E-state index contributed by atoms with van der Waals surface area (Å²) >= 11 is 0. The van der Waals surface area contributed by atoms with Gasteiger partial charge in [-0.3, -0.25) is 4.98 Å². The summed E-state index contributed by atoms with van der Waals surface area (Å²) in [5.74, 6) is 0. The Balaban J connectivity index is 2.27. The van der Waals surface area contributed by atoms with E-state index >= 15 is 0 Å². The van der Waals surface area contributed by atoms with Crippen LogP contribution in [0.2, 0.25) is 0 Å². The lowest BCUT2D eigenvalue weighted by Gasteiger charge is -2.26. The average molecular weight is 192 g/mol. The topological polar surface area (TPSA) is 45.2 Å². The molecule has 3 nitrogen and oxygen atoms in total. The lowest BCUT2D eigenvalue weighted by atomic mass is 9.80. The smallest absolute Gasteiger partial charge is 0.0479 e. The summed E-state index contributed by atoms with van der Waals surface area (Å²) in [6, 6.07) is 6.00. The molecule has 2 rings (SSSR count). The first-order valence-electron chi connectivity index (χ1n) is 5.10. The molecule has 1 aliphatic heterocycles. The van der Waals surface area contributed by atoms with Crippen molar-refractivity contribution >= 4 is 0 Å². The van der Waals surface area contributed by atoms with Crippen molar-refractivity contribution in [2.75, 3.05) is 19.7 Å². The van der Waals surface area contributed by atoms with Gasteiger partial charge in [0.1, 0.15) is 0 Å². The van der Waals surface area contributed by atoms with E-state index in [1.807, 2.05) is 18.3 Å². The molecule has 1 aliphatic rings. The lowest BCUT2D eigenvalue weighted by Crippen LogP contribution is -2.31. The molecule has 1 saturated heterocycles. The Hall–Kier alpha value is -0.930. The van der Waals surface area contributed by atoms with Crippen molar-refractivity contribution in [2.45, 2.75) is 18.3 Å². The molecule has 0 aliphatic carbocycles. The van der Waals surface area contributed by atoms with E-state index in [0.717, 1.165) is 31.6 Å². The fourth-order valence-corrected chi connectivity index (χ4v) is 2.19. The number of nitrogens with one attached hydrogen (secondary N) is 1. The number of rotatable bonds is 3. The van der Waals surface area contributed by atoms with Gasteiger partial charge in [0.2, 0.25) is 0 Å². The van der Waals surface area contributed by atoms with E-state index in [4.69, 9.17) is 5.11 Å². The first-order valence-corrected chi connectivity index (χ1v) is 5.10. The molecule has 14 heavy (non-hydrogen) atoms. The first-order chi connectivity index (χ1) is 6.87. The predicted molar refractivity (Wildman–Crippen MR) is 55.1 cm³/mol. The highest BCUT2D eigenvalue weighted by molar-refractivity contribution is 5.19. The van der Waals surface area contributed by atoms with Gasteiger partial charge in [0.25, 0.3) is 0 Å². The predicted octanol–water partition coefficient (Wildman–Crippen LogP) is 0.695. The van der Waals surface area contributed by atoms with E-state index in [0.29, 0.717) is 0 Å². The van der Waals surface area contributed by atoms with E-state index in [1.165, 1.54) is 0 Å². The Morgan fingerprint density at radius 2 is 2.43 bits per heavy atom. The molecule has 0 unspecified atom stereocenters. The van der Waals surface area contributed by atoms with Gasteiger partial charge in [0, 0.05) is 30.5 Å². The Bertz CT molecular complexity index is 281. The normalized spacial score (nSPS) is 26.6. The second-order valence-corrected chi connectivity index (χ2v) is 3.90. The van der Waals surface area contributed by atoms with Crippen molar-refractivity contribution in [2.24, 2.45) is 0 Å². The third kappa shape index (κ3) is 1.65. The summed E-state index contributed by atoms with van der Waals surface area (Å²) in [5, 5.41) is 12.4. The number of nitrogens with zero attached hydrogens (tertiary/aromatic N) is 1. The number of hydrogen-bond acceptors (Lipinski definition) is 3. The summed E-state index contributed by atoms with van der Waals surface area (Å²) in [6.07, 6.45) is 3.70. The molecule has 1 atom stereocenters. The van der Waals surface area contributed by atoms with Gasteiger partial charge < -0.3 is 10.4 Å². The van der Waals surface area contributed by atoms with Gasteiger partial charge in [-0.05, 0) is 31.5 Å². The third-order valence-electron chi connectivity index (χ3n) is 3.04. The summed E-state index contributed by atoms with van der Waals surface area (Å²) < 4.78 is 0. The van der Waals surface area contributed by atoms with Crippen LogP contribution in [0.15, 0.2) is 24.4 Å². The average Bonchev–Trinajstić information content (AvgIpc) is 2.70. The maximum Gasteiger partial charge on any atom is 0.0479 e. The van der Waals surface area contributed by atoms with Gasteiger partial charge >= 0.3 is 0 Å². The fourth-order valence-electron chi connectivity index (χ4n) is 2.19. The fraction of sp³-hybridized carbons (Fsp3) is 0.545. The molecule has 0 aromatic carbocycles. The molecule has 76 valence electrons. The molecule has 1 fully saturated rings. The Morgan fingerprint density at radius 1 is 1.50 bits per heavy atom. The van der Waals surface area contributed by atoms with Crippen LogP contribution >= 0.6 is 0 Å². The quantitative estimate of drug-likeness (QED) is 0.741. The second kappa shape index (κ2) is 4.07. The number of aliphatic hydroxyl groups is 1. The van der Waals surface area contributed by atoms with Crippen LogP contribution in [0.4, 0.5) is 0 Å². The van der Waals surface area contributed by atoms with Gasteiger partial charge in [-0.2, -0.15) is 0 Å². The SMILES string of the molecule is OCC[C@@]1(c2ccccn2)CCNC1. The van der Waals surface area contributed by atoms with Crippen LogP contribution in [0.5, 0.6) is 0 Å². The molecule has 0 amide bonds. The van der Waals surface area contributed by atoms with Crippen molar-refractivity contribution in [3.8, 4) is 0 Å². The number of aromatic nitrogens is 1. The van der Waals surface area contributed by atoms with Gasteiger partial charge in [0.05, 0.1) is 0 Å². The summed E-state index contributed by atoms with van der Waals surface area (Å²) in [7, 11) is 0. The highest BCUT2D eigenvalue weighted by Crippen LogP contribution is 2.32. The zero-order chi connectivity index (χ0) is 9.86. The molecule has 1 aromatic rings. The van der Waals surface area contributed by atoms with E-state index < -0.39 is 0 Å². The van der Waals surface area contributed by atoms with Crippen molar-refractivity contribution in [1.82, 2.24) is 10.3 Å². The summed E-state index contributed by atoms with van der Waals surface area (Å²) in [5.41, 5.74) is 1.18. The lowest BCUT2D eigenvalue weighted by molar-refractivity contribution is 0.241. The van der Waals surface area contributed by atoms with Crippen molar-refractivity contribution in [3.63, 3.8) is 0 Å². The van der Waals surface area contributed by atoms with E-state index in [9.17, 15) is 0 Å². The van der Waals surface area contributed by atoms with Gasteiger partial charge in [-0.15, -0.1) is 0 Å². The van der Waals surface area contributed by atoms with E-state index in [2.05, 4.69) is 16.4 Å². The van der Waals surface area contributed by atoms with Crippen LogP contribution in [0, 0.1) is 0 Å². The Kier molecular flexibility index (Phi) is 2.79. The number of pyridine rings is 1. The van der Waals surface area contributed by atoms with E-state index in [1.54, 1.807) is 0 Å². The molecule has 2 heterocycles. The zero-order valence-corrected chi connectivity index (χ0v) is 8.24. The standard InChI is InChI=1S/C11H16N2O/c14-8-5-11(4-7-12-9-11)10-3-1-2-6-13-10/h1-3,6,12,14H,4-5,7-9H2/t11-/m0/s1. The van der Waals surface area contributed by atoms with Crippen molar-refractivity contribution < 1.29 is 5.11 Å². The van der Waals surface area contributed by atoms with Crippen LogP contribution in [-0.4, -0.2) is 29.8 Å². The molecule has 0 bridgehead atoms. The van der Waals surface area contributed by atoms with Crippen molar-refractivity contribution in [3.05, 3.63) is 30.1 Å². The molecule has 0 spiro atoms. The largest absolute Gasteiger partial charge is 0.396 e. The Labute approximate surface area is 84.2 Å². The van der Waals surface area contributed by atoms with Crippen LogP contribution in [0.25, 0.3) is 0 Å². The molecule has 0 saturated carbocycles. The molecule has 1 aromatic heterocycles. The van der Waals surface area contributed by atoms with Crippen LogP contribution in [0.3, 0.4) is 0 Å². The molecular formula is C11H16N2O. The molecular weight excluding hydrogens is 176 g/mol. The van der Waals surface area contributed by atoms with Gasteiger partial charge in [-0.25, -0.2) is 0 Å². The number of hydrogen-bond donors (Lipinski definition) is 2. The van der Waals surface area contributed by atoms with Crippen LogP contribution in [0.1, 0.15) is 18.5 Å². The van der Waals surface area contributed by atoms with Crippen LogP contribution < -0.4 is 5.32 Å². The highest BCUT2D eigenvalue weighted by atomic mass is 16.3. The maximum absolute atomic E-state index is 9.10. The molecule has 0 radical (unpaired) electrons. The number of aliphatic hydroxyl groups excluding tert-OH is 1. The van der Waals surface area contributed by atoms with E-state index in [-0.39, 0.29) is 12.0 Å². The summed E-state index contributed by atoms with van der Waals surface area (Å²) in [4.78, 5) is 4.40. The zero-order valence-electron chi connectivity index (χ0n) is 8.24. The second-order valence-electron chi connectivity index (χ2n) is 3.90. The van der Waals surface area contributed by atoms with Gasteiger partial charge in [0.15, 0.2) is 0 Å². The minimum absolute atomic E-state index is 0.0655. The maximum atomic E-state index is 9.10.